The molecule has 0 fully saturated rings. The fraction of sp³-hybridized carbons (Fsp3) is 0.375. The van der Waals surface area contributed by atoms with Crippen LogP contribution in [0.15, 0.2) is 40.9 Å². The minimum absolute atomic E-state index is 0.0152. The van der Waals surface area contributed by atoms with E-state index in [2.05, 4.69) is 4.99 Å². The van der Waals surface area contributed by atoms with Crippen LogP contribution in [0, 0.1) is 0 Å². The third kappa shape index (κ3) is 4.36. The summed E-state index contributed by atoms with van der Waals surface area (Å²) in [6, 6.07) is 9.03. The van der Waals surface area contributed by atoms with Crippen molar-refractivity contribution in [2.45, 2.75) is 40.2 Å². The number of aliphatic imine (C=N–C) groups is 1. The van der Waals surface area contributed by atoms with Crippen LogP contribution in [0.1, 0.15) is 40.2 Å². The standard InChI is InChI=1S/C16H21NO2/c1-11(17-16(3,4)5)14(12(2)18)15(19)13-9-7-6-8-10-13/h6-10,19H,1-5H3/b15-14-,17-11?. The fourth-order valence-electron chi connectivity index (χ4n) is 1.89. The molecule has 0 aliphatic carbocycles. The number of rotatable bonds is 3. The third-order valence-electron chi connectivity index (χ3n) is 2.50. The van der Waals surface area contributed by atoms with E-state index in [0.717, 1.165) is 0 Å². The van der Waals surface area contributed by atoms with Crippen molar-refractivity contribution in [3.63, 3.8) is 0 Å². The van der Waals surface area contributed by atoms with Crippen molar-refractivity contribution in [1.82, 2.24) is 0 Å². The molecular formula is C16H21NO2. The van der Waals surface area contributed by atoms with E-state index in [9.17, 15) is 9.90 Å². The van der Waals surface area contributed by atoms with Crippen molar-refractivity contribution in [2.24, 2.45) is 4.99 Å². The summed E-state index contributed by atoms with van der Waals surface area (Å²) in [5, 5.41) is 10.3. The molecule has 0 amide bonds. The summed E-state index contributed by atoms with van der Waals surface area (Å²) in [6.45, 7) is 9.05. The van der Waals surface area contributed by atoms with Gasteiger partial charge in [-0.25, -0.2) is 0 Å². The summed E-state index contributed by atoms with van der Waals surface area (Å²) >= 11 is 0. The van der Waals surface area contributed by atoms with Crippen molar-refractivity contribution in [2.75, 3.05) is 0 Å². The first kappa shape index (κ1) is 15.2. The Morgan fingerprint density at radius 3 is 2.05 bits per heavy atom. The lowest BCUT2D eigenvalue weighted by atomic mass is 10.0. The zero-order valence-electron chi connectivity index (χ0n) is 12.2. The van der Waals surface area contributed by atoms with E-state index in [0.29, 0.717) is 11.3 Å². The van der Waals surface area contributed by atoms with Crippen molar-refractivity contribution < 1.29 is 9.90 Å². The molecule has 0 bridgehead atoms. The Morgan fingerprint density at radius 2 is 1.63 bits per heavy atom. The van der Waals surface area contributed by atoms with Gasteiger partial charge in [0.2, 0.25) is 0 Å². The van der Waals surface area contributed by atoms with E-state index in [1.54, 1.807) is 19.1 Å². The maximum Gasteiger partial charge on any atom is 0.165 e. The maximum atomic E-state index is 11.8. The molecule has 102 valence electrons. The first-order valence-corrected chi connectivity index (χ1v) is 6.29. The summed E-state index contributed by atoms with van der Waals surface area (Å²) in [5.41, 5.74) is 1.17. The Morgan fingerprint density at radius 1 is 1.11 bits per heavy atom. The van der Waals surface area contributed by atoms with Crippen LogP contribution < -0.4 is 0 Å². The summed E-state index contributed by atoms with van der Waals surface area (Å²) in [6.07, 6.45) is 0. The number of allylic oxidation sites excluding steroid dienone is 1. The highest BCUT2D eigenvalue weighted by atomic mass is 16.3. The molecule has 0 unspecified atom stereocenters. The third-order valence-corrected chi connectivity index (χ3v) is 2.50. The highest BCUT2D eigenvalue weighted by Crippen LogP contribution is 2.19. The van der Waals surface area contributed by atoms with Gasteiger partial charge in [0.05, 0.1) is 11.1 Å². The van der Waals surface area contributed by atoms with E-state index in [1.165, 1.54) is 6.92 Å². The molecule has 3 nitrogen and oxygen atoms in total. The van der Waals surface area contributed by atoms with Crippen LogP contribution in [-0.4, -0.2) is 22.1 Å². The van der Waals surface area contributed by atoms with Gasteiger partial charge in [-0.3, -0.25) is 9.79 Å². The highest BCUT2D eigenvalue weighted by molar-refractivity contribution is 6.25. The van der Waals surface area contributed by atoms with E-state index < -0.39 is 0 Å². The minimum atomic E-state index is -0.290. The number of nitrogens with zero attached hydrogens (tertiary/aromatic N) is 1. The molecule has 1 aromatic carbocycles. The predicted molar refractivity (Wildman–Crippen MR) is 79.5 cm³/mol. The molecule has 19 heavy (non-hydrogen) atoms. The maximum absolute atomic E-state index is 11.8. The molecular weight excluding hydrogens is 238 g/mol. The van der Waals surface area contributed by atoms with Crippen LogP contribution in [0.3, 0.4) is 0 Å². The van der Waals surface area contributed by atoms with E-state index in [-0.39, 0.29) is 22.7 Å². The number of aliphatic hydroxyl groups is 1. The van der Waals surface area contributed by atoms with Gasteiger partial charge in [-0.1, -0.05) is 30.3 Å². The van der Waals surface area contributed by atoms with Gasteiger partial charge in [0.15, 0.2) is 5.78 Å². The molecule has 1 N–H and O–H groups in total. The Hall–Kier alpha value is -1.90. The van der Waals surface area contributed by atoms with Crippen LogP contribution in [0.4, 0.5) is 0 Å². The van der Waals surface area contributed by atoms with E-state index in [1.807, 2.05) is 39.0 Å². The minimum Gasteiger partial charge on any atom is -0.506 e. The van der Waals surface area contributed by atoms with Gasteiger partial charge in [-0.15, -0.1) is 0 Å². The van der Waals surface area contributed by atoms with Crippen molar-refractivity contribution in [1.29, 1.82) is 0 Å². The second kappa shape index (κ2) is 5.83. The molecule has 1 aromatic rings. The second-order valence-electron chi connectivity index (χ2n) is 5.51. The van der Waals surface area contributed by atoms with Crippen LogP contribution in [0.5, 0.6) is 0 Å². The average Bonchev–Trinajstić information content (AvgIpc) is 2.27. The van der Waals surface area contributed by atoms with Crippen molar-refractivity contribution in [3.8, 4) is 0 Å². The summed E-state index contributed by atoms with van der Waals surface area (Å²) < 4.78 is 0. The van der Waals surface area contributed by atoms with E-state index >= 15 is 0 Å². The number of Topliss-reactive ketones (excluding diaryl/α,β-unsaturated/α-hetero) is 1. The second-order valence-corrected chi connectivity index (χ2v) is 5.51. The molecule has 0 spiro atoms. The van der Waals surface area contributed by atoms with Crippen LogP contribution in [0.2, 0.25) is 0 Å². The number of hydrogen-bond acceptors (Lipinski definition) is 3. The van der Waals surface area contributed by atoms with Crippen molar-refractivity contribution in [3.05, 3.63) is 41.5 Å². The van der Waals surface area contributed by atoms with Crippen LogP contribution in [-0.2, 0) is 4.79 Å². The molecule has 0 aliphatic heterocycles. The predicted octanol–water partition coefficient (Wildman–Crippen LogP) is 3.80. The summed E-state index contributed by atoms with van der Waals surface area (Å²) in [4.78, 5) is 16.2. The number of benzene rings is 1. The number of carbonyl (C=O) groups excluding carboxylic acids is 1. The molecule has 0 heterocycles. The molecule has 0 aliphatic rings. The van der Waals surface area contributed by atoms with Gasteiger partial charge in [0.25, 0.3) is 0 Å². The fourth-order valence-corrected chi connectivity index (χ4v) is 1.89. The average molecular weight is 259 g/mol. The molecule has 0 radical (unpaired) electrons. The molecule has 3 heteroatoms. The quantitative estimate of drug-likeness (QED) is 0.510. The lowest BCUT2D eigenvalue weighted by Crippen LogP contribution is -2.17. The number of carbonyl (C=O) groups is 1. The SMILES string of the molecule is CC(=O)/C(C(C)=NC(C)(C)C)=C(\O)c1ccccc1. The number of ketones is 1. The first-order valence-electron chi connectivity index (χ1n) is 6.29. The van der Waals surface area contributed by atoms with Gasteiger partial charge in [0.1, 0.15) is 5.76 Å². The largest absolute Gasteiger partial charge is 0.506 e. The molecule has 0 atom stereocenters. The van der Waals surface area contributed by atoms with Crippen molar-refractivity contribution >= 4 is 17.3 Å². The topological polar surface area (TPSA) is 49.7 Å². The van der Waals surface area contributed by atoms with Gasteiger partial charge < -0.3 is 5.11 Å². The Balaban J connectivity index is 3.37. The van der Waals surface area contributed by atoms with Crippen LogP contribution in [0.25, 0.3) is 5.76 Å². The Bertz CT molecular complexity index is 519. The Labute approximate surface area is 114 Å². The monoisotopic (exact) mass is 259 g/mol. The smallest absolute Gasteiger partial charge is 0.165 e. The highest BCUT2D eigenvalue weighted by Gasteiger charge is 2.18. The lowest BCUT2D eigenvalue weighted by Gasteiger charge is -2.16. The zero-order valence-corrected chi connectivity index (χ0v) is 12.2. The number of aliphatic hydroxyl groups excluding tert-OH is 1. The summed E-state index contributed by atoms with van der Waals surface area (Å²) in [7, 11) is 0. The molecule has 0 saturated heterocycles. The first-order chi connectivity index (χ1) is 8.72. The zero-order chi connectivity index (χ0) is 14.6. The van der Waals surface area contributed by atoms with Gasteiger partial charge >= 0.3 is 0 Å². The normalized spacial score (nSPS) is 14.1. The van der Waals surface area contributed by atoms with E-state index in [4.69, 9.17) is 0 Å². The number of hydrogen-bond donors (Lipinski definition) is 1. The summed E-state index contributed by atoms with van der Waals surface area (Å²) in [5.74, 6) is -0.203. The Kier molecular flexibility index (Phi) is 4.65. The van der Waals surface area contributed by atoms with Gasteiger partial charge in [0, 0.05) is 11.3 Å². The molecule has 0 saturated carbocycles. The van der Waals surface area contributed by atoms with Crippen LogP contribution >= 0.6 is 0 Å². The van der Waals surface area contributed by atoms with Gasteiger partial charge in [-0.2, -0.15) is 0 Å². The molecule has 1 rings (SSSR count). The lowest BCUT2D eigenvalue weighted by molar-refractivity contribution is -0.113. The molecule has 0 aromatic heterocycles. The van der Waals surface area contributed by atoms with Gasteiger partial charge in [-0.05, 0) is 34.6 Å².